The van der Waals surface area contributed by atoms with Crippen LogP contribution in [0.3, 0.4) is 0 Å². The molecule has 0 saturated carbocycles. The monoisotopic (exact) mass is 369 g/mol. The van der Waals surface area contributed by atoms with Gasteiger partial charge in [0.2, 0.25) is 5.91 Å². The number of amides is 1. The summed E-state index contributed by atoms with van der Waals surface area (Å²) in [6.07, 6.45) is -0.977. The van der Waals surface area contributed by atoms with Crippen molar-refractivity contribution < 1.29 is 14.6 Å². The van der Waals surface area contributed by atoms with Crippen LogP contribution in [0.2, 0.25) is 0 Å². The van der Waals surface area contributed by atoms with Crippen LogP contribution < -0.4 is 11.1 Å². The molecule has 1 aliphatic heterocycles. The molecule has 1 aliphatic rings. The van der Waals surface area contributed by atoms with Crippen LogP contribution in [0.1, 0.15) is 17.4 Å². The largest absolute Gasteiger partial charge is 0.389 e. The number of benzene rings is 2. The van der Waals surface area contributed by atoms with E-state index >= 15 is 0 Å². The van der Waals surface area contributed by atoms with Crippen molar-refractivity contribution in [1.82, 2.24) is 10.2 Å². The van der Waals surface area contributed by atoms with E-state index in [0.29, 0.717) is 19.5 Å². The summed E-state index contributed by atoms with van der Waals surface area (Å²) in [4.78, 5) is 14.7. The first-order chi connectivity index (χ1) is 13.1. The highest BCUT2D eigenvalue weighted by molar-refractivity contribution is 5.83. The highest BCUT2D eigenvalue weighted by Gasteiger charge is 2.39. The molecular formula is C21H27N3O3. The quantitative estimate of drug-likeness (QED) is 0.679. The molecule has 0 bridgehead atoms. The second-order valence-electron chi connectivity index (χ2n) is 6.81. The third-order valence-corrected chi connectivity index (χ3v) is 4.95. The van der Waals surface area contributed by atoms with E-state index in [4.69, 9.17) is 10.5 Å². The first-order valence-corrected chi connectivity index (χ1v) is 9.21. The minimum Gasteiger partial charge on any atom is -0.389 e. The standard InChI is InChI=1S/C21H27N3O3/c1-27-21(16-10-6-3-7-11-16)24-13-12-23-18(20(24)26)19(25)17(22)14-15-8-4-2-5-9-15/h2-11,17-19,21,23,25H,12-14,22H2,1H3/t17-,18-,19-,21?/m0/s1. The second-order valence-corrected chi connectivity index (χ2v) is 6.81. The van der Waals surface area contributed by atoms with Gasteiger partial charge in [-0.25, -0.2) is 0 Å². The third kappa shape index (κ3) is 4.54. The van der Waals surface area contributed by atoms with Gasteiger partial charge in [-0.2, -0.15) is 0 Å². The molecule has 3 rings (SSSR count). The van der Waals surface area contributed by atoms with E-state index in [1.807, 2.05) is 60.7 Å². The fraction of sp³-hybridized carbons (Fsp3) is 0.381. The maximum atomic E-state index is 13.1. The average molecular weight is 369 g/mol. The third-order valence-electron chi connectivity index (χ3n) is 4.95. The maximum absolute atomic E-state index is 13.1. The number of methoxy groups -OCH3 is 1. The minimum absolute atomic E-state index is 0.201. The van der Waals surface area contributed by atoms with Gasteiger partial charge < -0.3 is 25.8 Å². The van der Waals surface area contributed by atoms with E-state index < -0.39 is 24.4 Å². The summed E-state index contributed by atoms with van der Waals surface area (Å²) in [6.45, 7) is 1.07. The second kappa shape index (κ2) is 9.10. The summed E-state index contributed by atoms with van der Waals surface area (Å²) in [5.41, 5.74) is 8.15. The van der Waals surface area contributed by atoms with E-state index in [1.165, 1.54) is 0 Å². The number of hydrogen-bond donors (Lipinski definition) is 3. The number of carbonyl (C=O) groups excluding carboxylic acids is 1. The lowest BCUT2D eigenvalue weighted by atomic mass is 9.95. The van der Waals surface area contributed by atoms with Crippen LogP contribution in [-0.4, -0.2) is 54.3 Å². The van der Waals surface area contributed by atoms with Crippen LogP contribution in [0, 0.1) is 0 Å². The number of nitrogens with one attached hydrogen (secondary N) is 1. The smallest absolute Gasteiger partial charge is 0.244 e. The number of aliphatic hydroxyl groups is 1. The molecule has 1 amide bonds. The van der Waals surface area contributed by atoms with Crippen LogP contribution >= 0.6 is 0 Å². The number of nitrogens with two attached hydrogens (primary N) is 1. The van der Waals surface area contributed by atoms with E-state index in [2.05, 4.69) is 5.32 Å². The fourth-order valence-corrected chi connectivity index (χ4v) is 3.53. The number of hydrogen-bond acceptors (Lipinski definition) is 5. The zero-order valence-corrected chi connectivity index (χ0v) is 15.5. The van der Waals surface area contributed by atoms with Gasteiger partial charge in [-0.05, 0) is 12.0 Å². The molecule has 1 unspecified atom stereocenters. The molecule has 0 aliphatic carbocycles. The molecule has 6 heteroatoms. The van der Waals surface area contributed by atoms with Gasteiger partial charge in [0.25, 0.3) is 0 Å². The van der Waals surface area contributed by atoms with E-state index in [9.17, 15) is 9.90 Å². The number of carbonyl (C=O) groups is 1. The Balaban J connectivity index is 1.71. The zero-order valence-electron chi connectivity index (χ0n) is 15.5. The van der Waals surface area contributed by atoms with Gasteiger partial charge in [0.15, 0.2) is 6.23 Å². The minimum atomic E-state index is -0.992. The predicted molar refractivity (Wildman–Crippen MR) is 104 cm³/mol. The molecule has 0 radical (unpaired) electrons. The van der Waals surface area contributed by atoms with Crippen molar-refractivity contribution >= 4 is 5.91 Å². The topological polar surface area (TPSA) is 87.8 Å². The first-order valence-electron chi connectivity index (χ1n) is 9.21. The molecular weight excluding hydrogens is 342 g/mol. The van der Waals surface area contributed by atoms with E-state index in [0.717, 1.165) is 11.1 Å². The van der Waals surface area contributed by atoms with E-state index in [1.54, 1.807) is 12.0 Å². The van der Waals surface area contributed by atoms with Crippen molar-refractivity contribution in [3.63, 3.8) is 0 Å². The van der Waals surface area contributed by atoms with Crippen LogP contribution in [-0.2, 0) is 16.0 Å². The average Bonchev–Trinajstić information content (AvgIpc) is 2.71. The van der Waals surface area contributed by atoms with E-state index in [-0.39, 0.29) is 5.91 Å². The highest BCUT2D eigenvalue weighted by atomic mass is 16.5. The van der Waals surface area contributed by atoms with Crippen LogP contribution in [0.15, 0.2) is 60.7 Å². The van der Waals surface area contributed by atoms with Crippen molar-refractivity contribution in [2.75, 3.05) is 20.2 Å². The molecule has 1 heterocycles. The summed E-state index contributed by atoms with van der Waals surface area (Å²) in [6, 6.07) is 18.0. The van der Waals surface area contributed by atoms with Crippen molar-refractivity contribution in [1.29, 1.82) is 0 Å². The summed E-state index contributed by atoms with van der Waals surface area (Å²) in [5, 5.41) is 13.9. The maximum Gasteiger partial charge on any atom is 0.244 e. The highest BCUT2D eigenvalue weighted by Crippen LogP contribution is 2.24. The lowest BCUT2D eigenvalue weighted by Crippen LogP contribution is -2.63. The summed E-state index contributed by atoms with van der Waals surface area (Å²) in [5.74, 6) is -0.201. The first kappa shape index (κ1) is 19.5. The number of piperazine rings is 1. The Hall–Kier alpha value is -2.25. The molecule has 0 aromatic heterocycles. The molecule has 1 fully saturated rings. The Morgan fingerprint density at radius 2 is 1.81 bits per heavy atom. The normalized spacial score (nSPS) is 20.9. The predicted octanol–water partition coefficient (Wildman–Crippen LogP) is 1.06. The molecule has 4 atom stereocenters. The van der Waals surface area contributed by atoms with Gasteiger partial charge in [0.05, 0.1) is 6.10 Å². The molecule has 4 N–H and O–H groups in total. The van der Waals surface area contributed by atoms with Crippen molar-refractivity contribution in [2.24, 2.45) is 5.73 Å². The zero-order chi connectivity index (χ0) is 19.2. The lowest BCUT2D eigenvalue weighted by molar-refractivity contribution is -0.154. The molecule has 2 aromatic rings. The van der Waals surface area contributed by atoms with Gasteiger partial charge in [0.1, 0.15) is 6.04 Å². The number of rotatable bonds is 7. The number of ether oxygens (including phenoxy) is 1. The van der Waals surface area contributed by atoms with Gasteiger partial charge in [-0.1, -0.05) is 60.7 Å². The molecule has 1 saturated heterocycles. The Bertz CT molecular complexity index is 726. The van der Waals surface area contributed by atoms with Crippen LogP contribution in [0.5, 0.6) is 0 Å². The van der Waals surface area contributed by atoms with Crippen molar-refractivity contribution in [3.05, 3.63) is 71.8 Å². The Labute approximate surface area is 159 Å². The van der Waals surface area contributed by atoms with Gasteiger partial charge in [-0.15, -0.1) is 0 Å². The fourth-order valence-electron chi connectivity index (χ4n) is 3.53. The summed E-state index contributed by atoms with van der Waals surface area (Å²) < 4.78 is 5.59. The van der Waals surface area contributed by atoms with Crippen LogP contribution in [0.25, 0.3) is 0 Å². The van der Waals surface area contributed by atoms with Crippen molar-refractivity contribution in [2.45, 2.75) is 30.8 Å². The summed E-state index contributed by atoms with van der Waals surface area (Å²) >= 11 is 0. The molecule has 6 nitrogen and oxygen atoms in total. The van der Waals surface area contributed by atoms with Crippen molar-refractivity contribution in [3.8, 4) is 0 Å². The Kier molecular flexibility index (Phi) is 6.58. The SMILES string of the molecule is COC(c1ccccc1)N1CCN[C@@H]([C@@H](O)[C@@H](N)Cc2ccccc2)C1=O. The van der Waals surface area contributed by atoms with Gasteiger partial charge in [-0.3, -0.25) is 4.79 Å². The number of aliphatic hydroxyl groups excluding tert-OH is 1. The molecule has 2 aromatic carbocycles. The van der Waals surface area contributed by atoms with Gasteiger partial charge >= 0.3 is 0 Å². The van der Waals surface area contributed by atoms with Gasteiger partial charge in [0, 0.05) is 31.8 Å². The number of nitrogens with zero attached hydrogens (tertiary/aromatic N) is 1. The lowest BCUT2D eigenvalue weighted by Gasteiger charge is -2.40. The molecule has 0 spiro atoms. The Morgan fingerprint density at radius 3 is 2.44 bits per heavy atom. The Morgan fingerprint density at radius 1 is 1.19 bits per heavy atom. The molecule has 27 heavy (non-hydrogen) atoms. The molecule has 144 valence electrons. The summed E-state index contributed by atoms with van der Waals surface area (Å²) in [7, 11) is 1.58. The van der Waals surface area contributed by atoms with Crippen LogP contribution in [0.4, 0.5) is 0 Å².